The van der Waals surface area contributed by atoms with Crippen LogP contribution in [0.5, 0.6) is 0 Å². The highest BCUT2D eigenvalue weighted by molar-refractivity contribution is 5.78. The largest absolute Gasteiger partial charge is 0.346 e. The number of rotatable bonds is 3. The van der Waals surface area contributed by atoms with Crippen molar-refractivity contribution in [2.24, 2.45) is 0 Å². The molecule has 4 rings (SSSR count). The first-order chi connectivity index (χ1) is 13.0. The lowest BCUT2D eigenvalue weighted by atomic mass is 9.94. The molecule has 2 aromatic heterocycles. The van der Waals surface area contributed by atoms with Gasteiger partial charge in [0, 0.05) is 18.7 Å². The third-order valence-corrected chi connectivity index (χ3v) is 5.05. The molecule has 27 heavy (non-hydrogen) atoms. The molecule has 3 heterocycles. The maximum atomic E-state index is 13.1. The number of hydrogen-bond donors (Lipinski definition) is 2. The molecule has 8 heteroatoms. The number of piperidine rings is 1. The Hall–Kier alpha value is -3.16. The molecule has 0 spiro atoms. The molecule has 1 aliphatic rings. The van der Waals surface area contributed by atoms with Gasteiger partial charge in [0.1, 0.15) is 0 Å². The van der Waals surface area contributed by atoms with Gasteiger partial charge in [0.05, 0.1) is 28.7 Å². The SMILES string of the molecule is CC(C)n1nccc1C1NC(=O)CCC1n1c(=O)[nH]c2ccccc2c1=O. The quantitative estimate of drug-likeness (QED) is 0.735. The van der Waals surface area contributed by atoms with Gasteiger partial charge in [-0.05, 0) is 38.5 Å². The van der Waals surface area contributed by atoms with Gasteiger partial charge in [0.25, 0.3) is 5.56 Å². The van der Waals surface area contributed by atoms with E-state index in [1.807, 2.05) is 24.6 Å². The number of amides is 1. The minimum atomic E-state index is -0.504. The van der Waals surface area contributed by atoms with Gasteiger partial charge in [-0.2, -0.15) is 5.10 Å². The molecule has 140 valence electrons. The predicted octanol–water partition coefficient (Wildman–Crippen LogP) is 1.66. The van der Waals surface area contributed by atoms with Crippen LogP contribution in [0.1, 0.15) is 50.5 Å². The molecule has 1 fully saturated rings. The Labute approximate surface area is 154 Å². The van der Waals surface area contributed by atoms with Crippen LogP contribution in [0.2, 0.25) is 0 Å². The molecule has 1 aliphatic heterocycles. The van der Waals surface area contributed by atoms with E-state index in [9.17, 15) is 14.4 Å². The van der Waals surface area contributed by atoms with E-state index in [4.69, 9.17) is 0 Å². The summed E-state index contributed by atoms with van der Waals surface area (Å²) in [5, 5.41) is 7.73. The Morgan fingerprint density at radius 1 is 1.15 bits per heavy atom. The summed E-state index contributed by atoms with van der Waals surface area (Å²) in [6.07, 6.45) is 2.33. The van der Waals surface area contributed by atoms with Crippen LogP contribution in [-0.4, -0.2) is 25.2 Å². The normalized spacial score (nSPS) is 20.2. The van der Waals surface area contributed by atoms with E-state index in [0.29, 0.717) is 17.3 Å². The fraction of sp³-hybridized carbons (Fsp3) is 0.368. The second-order valence-electron chi connectivity index (χ2n) is 7.10. The van der Waals surface area contributed by atoms with Crippen molar-refractivity contribution in [2.75, 3.05) is 0 Å². The highest BCUT2D eigenvalue weighted by Crippen LogP contribution is 2.33. The summed E-state index contributed by atoms with van der Waals surface area (Å²) in [7, 11) is 0. The van der Waals surface area contributed by atoms with Gasteiger partial charge in [-0.3, -0.25) is 18.8 Å². The summed E-state index contributed by atoms with van der Waals surface area (Å²) in [4.78, 5) is 40.7. The summed E-state index contributed by atoms with van der Waals surface area (Å²) < 4.78 is 3.05. The van der Waals surface area contributed by atoms with Crippen LogP contribution in [0.25, 0.3) is 10.9 Å². The summed E-state index contributed by atoms with van der Waals surface area (Å²) in [6, 6.07) is 7.85. The van der Waals surface area contributed by atoms with E-state index < -0.39 is 17.8 Å². The van der Waals surface area contributed by atoms with Crippen molar-refractivity contribution in [3.05, 3.63) is 63.1 Å². The average molecular weight is 367 g/mol. The van der Waals surface area contributed by atoms with Gasteiger partial charge in [-0.15, -0.1) is 0 Å². The summed E-state index contributed by atoms with van der Waals surface area (Å²) in [5.74, 6) is -0.0991. The number of para-hydroxylation sites is 1. The third-order valence-electron chi connectivity index (χ3n) is 5.05. The molecule has 2 atom stereocenters. The fourth-order valence-electron chi connectivity index (χ4n) is 3.82. The highest BCUT2D eigenvalue weighted by atomic mass is 16.2. The second-order valence-corrected chi connectivity index (χ2v) is 7.10. The molecule has 0 saturated carbocycles. The minimum absolute atomic E-state index is 0.0843. The topological polar surface area (TPSA) is 102 Å². The van der Waals surface area contributed by atoms with Crippen LogP contribution in [0.15, 0.2) is 46.1 Å². The maximum absolute atomic E-state index is 13.1. The minimum Gasteiger partial charge on any atom is -0.346 e. The smallest absolute Gasteiger partial charge is 0.329 e. The standard InChI is InChI=1S/C19H21N5O3/c1-11(2)24-15(9-10-20-24)17-14(7-8-16(25)22-17)23-18(26)12-5-3-4-6-13(12)21-19(23)27/h3-6,9-11,14,17H,7-8H2,1-2H3,(H,21,27)(H,22,25). The Balaban J connectivity index is 1.90. The molecule has 1 aromatic carbocycles. The zero-order valence-corrected chi connectivity index (χ0v) is 15.2. The van der Waals surface area contributed by atoms with Gasteiger partial charge < -0.3 is 10.3 Å². The summed E-state index contributed by atoms with van der Waals surface area (Å²) >= 11 is 0. The number of fused-ring (bicyclic) bond motifs is 1. The first-order valence-corrected chi connectivity index (χ1v) is 9.03. The summed E-state index contributed by atoms with van der Waals surface area (Å²) in [6.45, 7) is 3.98. The average Bonchev–Trinajstić information content (AvgIpc) is 3.13. The number of nitrogens with zero attached hydrogens (tertiary/aromatic N) is 3. The lowest BCUT2D eigenvalue weighted by Crippen LogP contribution is -2.47. The molecular formula is C19H21N5O3. The Morgan fingerprint density at radius 3 is 2.70 bits per heavy atom. The zero-order chi connectivity index (χ0) is 19.1. The van der Waals surface area contributed by atoms with Crippen LogP contribution in [0, 0.1) is 0 Å². The summed E-state index contributed by atoms with van der Waals surface area (Å²) in [5.41, 5.74) is 0.464. The number of aromatic nitrogens is 4. The number of carbonyl (C=O) groups is 1. The zero-order valence-electron chi connectivity index (χ0n) is 15.2. The number of nitrogens with one attached hydrogen (secondary N) is 2. The van der Waals surface area contributed by atoms with Crippen LogP contribution < -0.4 is 16.6 Å². The van der Waals surface area contributed by atoms with E-state index in [0.717, 1.165) is 5.69 Å². The van der Waals surface area contributed by atoms with Crippen LogP contribution in [0.3, 0.4) is 0 Å². The number of hydrogen-bond acceptors (Lipinski definition) is 4. The molecule has 2 unspecified atom stereocenters. The molecule has 1 saturated heterocycles. The van der Waals surface area contributed by atoms with Crippen molar-refractivity contribution in [2.45, 2.75) is 44.8 Å². The predicted molar refractivity (Wildman–Crippen MR) is 101 cm³/mol. The van der Waals surface area contributed by atoms with Crippen molar-refractivity contribution in [1.29, 1.82) is 0 Å². The van der Waals surface area contributed by atoms with Crippen molar-refractivity contribution in [1.82, 2.24) is 24.6 Å². The lowest BCUT2D eigenvalue weighted by molar-refractivity contribution is -0.124. The first-order valence-electron chi connectivity index (χ1n) is 9.03. The number of aromatic amines is 1. The van der Waals surface area contributed by atoms with Crippen LogP contribution in [-0.2, 0) is 4.79 Å². The van der Waals surface area contributed by atoms with Gasteiger partial charge in [-0.1, -0.05) is 12.1 Å². The second kappa shape index (κ2) is 6.53. The molecule has 0 aliphatic carbocycles. The first kappa shape index (κ1) is 17.3. The fourth-order valence-corrected chi connectivity index (χ4v) is 3.82. The van der Waals surface area contributed by atoms with Crippen LogP contribution in [0.4, 0.5) is 0 Å². The Morgan fingerprint density at radius 2 is 1.93 bits per heavy atom. The van der Waals surface area contributed by atoms with E-state index in [-0.39, 0.29) is 23.9 Å². The number of benzene rings is 1. The maximum Gasteiger partial charge on any atom is 0.329 e. The molecule has 2 N–H and O–H groups in total. The van der Waals surface area contributed by atoms with E-state index in [1.54, 1.807) is 30.5 Å². The van der Waals surface area contributed by atoms with Gasteiger partial charge >= 0.3 is 5.69 Å². The van der Waals surface area contributed by atoms with E-state index in [1.165, 1.54) is 4.57 Å². The highest BCUT2D eigenvalue weighted by Gasteiger charge is 2.35. The molecule has 3 aromatic rings. The Kier molecular flexibility index (Phi) is 4.18. The van der Waals surface area contributed by atoms with E-state index in [2.05, 4.69) is 15.4 Å². The molecule has 0 bridgehead atoms. The van der Waals surface area contributed by atoms with Gasteiger partial charge in [-0.25, -0.2) is 4.79 Å². The van der Waals surface area contributed by atoms with Crippen LogP contribution >= 0.6 is 0 Å². The molecule has 0 radical (unpaired) electrons. The van der Waals surface area contributed by atoms with Crippen molar-refractivity contribution in [3.8, 4) is 0 Å². The molecular weight excluding hydrogens is 346 g/mol. The van der Waals surface area contributed by atoms with E-state index >= 15 is 0 Å². The van der Waals surface area contributed by atoms with Crippen molar-refractivity contribution in [3.63, 3.8) is 0 Å². The third kappa shape index (κ3) is 2.87. The van der Waals surface area contributed by atoms with Gasteiger partial charge in [0.15, 0.2) is 0 Å². The molecule has 8 nitrogen and oxygen atoms in total. The monoisotopic (exact) mass is 367 g/mol. The number of H-pyrrole nitrogens is 1. The lowest BCUT2D eigenvalue weighted by Gasteiger charge is -2.33. The Bertz CT molecular complexity index is 1120. The van der Waals surface area contributed by atoms with Crippen molar-refractivity contribution < 1.29 is 4.79 Å². The van der Waals surface area contributed by atoms with Gasteiger partial charge in [0.2, 0.25) is 5.91 Å². The number of carbonyl (C=O) groups excluding carboxylic acids is 1. The molecule has 1 amide bonds. The van der Waals surface area contributed by atoms with Crippen molar-refractivity contribution >= 4 is 16.8 Å².